The van der Waals surface area contributed by atoms with Crippen LogP contribution in [-0.2, 0) is 9.53 Å². The zero-order valence-corrected chi connectivity index (χ0v) is 12.9. The van der Waals surface area contributed by atoms with Gasteiger partial charge in [0, 0.05) is 20.2 Å². The molecule has 2 N–H and O–H groups in total. The molecule has 2 atom stereocenters. The van der Waals surface area contributed by atoms with Crippen LogP contribution in [0.15, 0.2) is 24.3 Å². The fraction of sp³-hybridized carbons (Fsp3) is 0.533. The molecule has 1 fully saturated rings. The Hall–Kier alpha value is -1.10. The molecule has 1 aliphatic rings. The lowest BCUT2D eigenvalue weighted by Gasteiger charge is -2.24. The van der Waals surface area contributed by atoms with Gasteiger partial charge in [-0.2, -0.15) is 0 Å². The number of aryl methyl sites for hydroxylation is 1. The van der Waals surface area contributed by atoms with E-state index in [1.807, 2.05) is 31.2 Å². The molecule has 2 rings (SSSR count). The maximum Gasteiger partial charge on any atom is 0.243 e. The third kappa shape index (κ3) is 4.20. The van der Waals surface area contributed by atoms with E-state index in [0.717, 1.165) is 30.6 Å². The van der Waals surface area contributed by atoms with Gasteiger partial charge in [-0.15, -0.1) is 12.4 Å². The lowest BCUT2D eigenvalue weighted by Crippen LogP contribution is -2.39. The Bertz CT molecular complexity index is 430. The molecule has 0 bridgehead atoms. The first-order valence-corrected chi connectivity index (χ1v) is 6.76. The molecule has 4 nitrogen and oxygen atoms in total. The third-order valence-corrected chi connectivity index (χ3v) is 3.58. The molecule has 0 aliphatic carbocycles. The second-order valence-electron chi connectivity index (χ2n) is 5.24. The van der Waals surface area contributed by atoms with Gasteiger partial charge in [0.25, 0.3) is 0 Å². The van der Waals surface area contributed by atoms with Crippen molar-refractivity contribution >= 4 is 18.3 Å². The lowest BCUT2D eigenvalue weighted by molar-refractivity contribution is -0.132. The van der Waals surface area contributed by atoms with E-state index in [-0.39, 0.29) is 24.4 Å². The summed E-state index contributed by atoms with van der Waals surface area (Å²) in [6.45, 7) is 3.44. The molecule has 2 unspecified atom stereocenters. The van der Waals surface area contributed by atoms with E-state index in [0.29, 0.717) is 6.54 Å². The van der Waals surface area contributed by atoms with Gasteiger partial charge in [-0.1, -0.05) is 29.8 Å². The Labute approximate surface area is 126 Å². The molecular formula is C15H23ClN2O2. The van der Waals surface area contributed by atoms with Gasteiger partial charge in [-0.05, 0) is 25.3 Å². The standard InChI is InChI=1S/C15H22N2O2.ClH/c1-11-5-7-12(8-6-11)14(16)15(18)17(2)10-13-4-3-9-19-13;/h5-8,13-14H,3-4,9-10,16H2,1-2H3;1H. The van der Waals surface area contributed by atoms with Gasteiger partial charge in [0.1, 0.15) is 6.04 Å². The molecule has 1 aliphatic heterocycles. The minimum Gasteiger partial charge on any atom is -0.376 e. The fourth-order valence-electron chi connectivity index (χ4n) is 2.34. The van der Waals surface area contributed by atoms with Crippen molar-refractivity contribution in [2.24, 2.45) is 5.73 Å². The van der Waals surface area contributed by atoms with Gasteiger partial charge in [-0.3, -0.25) is 4.79 Å². The number of ether oxygens (including phenoxy) is 1. The summed E-state index contributed by atoms with van der Waals surface area (Å²) in [7, 11) is 1.79. The number of nitrogens with two attached hydrogens (primary N) is 1. The summed E-state index contributed by atoms with van der Waals surface area (Å²) in [5.74, 6) is -0.0562. The number of hydrogen-bond donors (Lipinski definition) is 1. The van der Waals surface area contributed by atoms with Crippen LogP contribution < -0.4 is 5.73 Å². The molecule has 0 aromatic heterocycles. The van der Waals surface area contributed by atoms with Gasteiger partial charge < -0.3 is 15.4 Å². The summed E-state index contributed by atoms with van der Waals surface area (Å²) in [6.07, 6.45) is 2.27. The number of benzene rings is 1. The van der Waals surface area contributed by atoms with Crippen LogP contribution in [0.3, 0.4) is 0 Å². The monoisotopic (exact) mass is 298 g/mol. The molecular weight excluding hydrogens is 276 g/mol. The number of carbonyl (C=O) groups is 1. The van der Waals surface area contributed by atoms with E-state index >= 15 is 0 Å². The highest BCUT2D eigenvalue weighted by Gasteiger charge is 2.24. The SMILES string of the molecule is Cc1ccc(C(N)C(=O)N(C)CC2CCCO2)cc1.Cl. The fourth-order valence-corrected chi connectivity index (χ4v) is 2.34. The normalized spacial score (nSPS) is 19.2. The van der Waals surface area contributed by atoms with Gasteiger partial charge in [0.2, 0.25) is 5.91 Å². The van der Waals surface area contributed by atoms with Gasteiger partial charge in [0.05, 0.1) is 6.10 Å². The zero-order valence-electron chi connectivity index (χ0n) is 12.0. The molecule has 1 aromatic rings. The molecule has 1 aromatic carbocycles. The van der Waals surface area contributed by atoms with E-state index < -0.39 is 6.04 Å². The molecule has 0 spiro atoms. The Morgan fingerprint density at radius 2 is 2.10 bits per heavy atom. The van der Waals surface area contributed by atoms with Crippen LogP contribution >= 0.6 is 12.4 Å². The average molecular weight is 299 g/mol. The Morgan fingerprint density at radius 3 is 2.65 bits per heavy atom. The van der Waals surface area contributed by atoms with Crippen molar-refractivity contribution in [3.8, 4) is 0 Å². The van der Waals surface area contributed by atoms with Gasteiger partial charge in [0.15, 0.2) is 0 Å². The Morgan fingerprint density at radius 1 is 1.45 bits per heavy atom. The number of carbonyl (C=O) groups excluding carboxylic acids is 1. The highest BCUT2D eigenvalue weighted by molar-refractivity contribution is 5.85. The number of nitrogens with zero attached hydrogens (tertiary/aromatic N) is 1. The third-order valence-electron chi connectivity index (χ3n) is 3.58. The van der Waals surface area contributed by atoms with Crippen LogP contribution in [0.5, 0.6) is 0 Å². The highest BCUT2D eigenvalue weighted by atomic mass is 35.5. The molecule has 112 valence electrons. The first kappa shape index (κ1) is 17.0. The number of likely N-dealkylation sites (N-methyl/N-ethyl adjacent to an activating group) is 1. The first-order chi connectivity index (χ1) is 9.08. The molecule has 20 heavy (non-hydrogen) atoms. The molecule has 0 radical (unpaired) electrons. The largest absolute Gasteiger partial charge is 0.376 e. The van der Waals surface area contributed by atoms with Crippen molar-refractivity contribution in [1.82, 2.24) is 4.90 Å². The van der Waals surface area contributed by atoms with Crippen LogP contribution in [0.2, 0.25) is 0 Å². The second-order valence-corrected chi connectivity index (χ2v) is 5.24. The van der Waals surface area contributed by atoms with Gasteiger partial charge in [-0.25, -0.2) is 0 Å². The maximum absolute atomic E-state index is 12.3. The van der Waals surface area contributed by atoms with Crippen molar-refractivity contribution in [3.63, 3.8) is 0 Å². The van der Waals surface area contributed by atoms with Crippen LogP contribution in [0.1, 0.15) is 30.0 Å². The Kier molecular flexibility index (Phi) is 6.46. The topological polar surface area (TPSA) is 55.6 Å². The Balaban J connectivity index is 0.00000200. The van der Waals surface area contributed by atoms with Gasteiger partial charge >= 0.3 is 0 Å². The molecule has 5 heteroatoms. The van der Waals surface area contributed by atoms with Crippen molar-refractivity contribution in [2.45, 2.75) is 31.9 Å². The zero-order chi connectivity index (χ0) is 13.8. The average Bonchev–Trinajstić information content (AvgIpc) is 2.90. The van der Waals surface area contributed by atoms with E-state index in [9.17, 15) is 4.79 Å². The van der Waals surface area contributed by atoms with Crippen molar-refractivity contribution in [2.75, 3.05) is 20.2 Å². The second kappa shape index (κ2) is 7.62. The molecule has 1 heterocycles. The van der Waals surface area contributed by atoms with Crippen LogP contribution in [0.25, 0.3) is 0 Å². The van der Waals surface area contributed by atoms with E-state index in [4.69, 9.17) is 10.5 Å². The quantitative estimate of drug-likeness (QED) is 0.925. The van der Waals surface area contributed by atoms with Crippen molar-refractivity contribution < 1.29 is 9.53 Å². The first-order valence-electron chi connectivity index (χ1n) is 6.76. The highest BCUT2D eigenvalue weighted by Crippen LogP contribution is 2.17. The van der Waals surface area contributed by atoms with E-state index in [1.54, 1.807) is 11.9 Å². The van der Waals surface area contributed by atoms with Crippen molar-refractivity contribution in [3.05, 3.63) is 35.4 Å². The maximum atomic E-state index is 12.3. The minimum absolute atomic E-state index is 0. The van der Waals surface area contributed by atoms with Crippen LogP contribution in [0.4, 0.5) is 0 Å². The number of halogens is 1. The van der Waals surface area contributed by atoms with E-state index in [1.165, 1.54) is 0 Å². The smallest absolute Gasteiger partial charge is 0.243 e. The lowest BCUT2D eigenvalue weighted by atomic mass is 10.0. The molecule has 0 saturated carbocycles. The van der Waals surface area contributed by atoms with E-state index in [2.05, 4.69) is 0 Å². The predicted octanol–water partition coefficient (Wildman–Crippen LogP) is 2.05. The minimum atomic E-state index is -0.591. The summed E-state index contributed by atoms with van der Waals surface area (Å²) >= 11 is 0. The molecule has 1 saturated heterocycles. The molecule has 1 amide bonds. The number of hydrogen-bond acceptors (Lipinski definition) is 3. The van der Waals surface area contributed by atoms with Crippen LogP contribution in [-0.4, -0.2) is 37.1 Å². The number of rotatable bonds is 4. The number of amides is 1. The van der Waals surface area contributed by atoms with Crippen LogP contribution in [0, 0.1) is 6.92 Å². The summed E-state index contributed by atoms with van der Waals surface area (Å²) in [6, 6.07) is 7.19. The predicted molar refractivity (Wildman–Crippen MR) is 82.0 cm³/mol. The van der Waals surface area contributed by atoms with Crippen molar-refractivity contribution in [1.29, 1.82) is 0 Å². The summed E-state index contributed by atoms with van der Waals surface area (Å²) < 4.78 is 5.54. The summed E-state index contributed by atoms with van der Waals surface area (Å²) in [5.41, 5.74) is 8.05. The summed E-state index contributed by atoms with van der Waals surface area (Å²) in [5, 5.41) is 0. The summed E-state index contributed by atoms with van der Waals surface area (Å²) in [4.78, 5) is 13.9.